The molecule has 150 valence electrons. The van der Waals surface area contributed by atoms with Crippen LogP contribution in [0.2, 0.25) is 0 Å². The van der Waals surface area contributed by atoms with Gasteiger partial charge in [0.25, 0.3) is 0 Å². The summed E-state index contributed by atoms with van der Waals surface area (Å²) >= 11 is 0. The summed E-state index contributed by atoms with van der Waals surface area (Å²) in [5, 5.41) is 0. The van der Waals surface area contributed by atoms with Crippen molar-refractivity contribution in [2.75, 3.05) is 20.1 Å². The number of hydrogen-bond donors (Lipinski definition) is 0. The number of carbonyl (C=O) groups excluding carboxylic acids is 1. The monoisotopic (exact) mass is 378 g/mol. The number of hydrogen-bond acceptors (Lipinski definition) is 2. The van der Waals surface area contributed by atoms with E-state index in [1.54, 1.807) is 0 Å². The van der Waals surface area contributed by atoms with Gasteiger partial charge in [-0.2, -0.15) is 0 Å². The molecule has 0 unspecified atom stereocenters. The van der Waals surface area contributed by atoms with Crippen LogP contribution in [0.1, 0.15) is 42.9 Å². The van der Waals surface area contributed by atoms with E-state index in [9.17, 15) is 4.79 Å². The van der Waals surface area contributed by atoms with Crippen LogP contribution in [-0.4, -0.2) is 41.9 Å². The zero-order chi connectivity index (χ0) is 19.9. The lowest BCUT2D eigenvalue weighted by atomic mass is 9.93. The number of amides is 1. The Morgan fingerprint density at radius 1 is 1.04 bits per heavy atom. The van der Waals surface area contributed by atoms with Crippen LogP contribution in [0, 0.1) is 12.8 Å². The van der Waals surface area contributed by atoms with Crippen LogP contribution in [0.5, 0.6) is 0 Å². The second kappa shape index (κ2) is 9.88. The first-order chi connectivity index (χ1) is 13.6. The van der Waals surface area contributed by atoms with Gasteiger partial charge in [0.1, 0.15) is 0 Å². The van der Waals surface area contributed by atoms with E-state index in [4.69, 9.17) is 0 Å². The Kier molecular flexibility index (Phi) is 7.27. The smallest absolute Gasteiger partial charge is 0.225 e. The SMILES string of the molecule is CC[C@H](Cc1ccc(C)cc1)N(C)C(=O)C1CCN(Cc2ccccc2)CC1. The molecular formula is C25H34N2O. The van der Waals surface area contributed by atoms with Crippen molar-refractivity contribution >= 4 is 5.91 Å². The fraction of sp³-hybridized carbons (Fsp3) is 0.480. The first-order valence-corrected chi connectivity index (χ1v) is 10.6. The maximum absolute atomic E-state index is 13.1. The molecule has 28 heavy (non-hydrogen) atoms. The van der Waals surface area contributed by atoms with Crippen molar-refractivity contribution in [1.29, 1.82) is 0 Å². The standard InChI is InChI=1S/C25H34N2O/c1-4-24(18-21-12-10-20(2)11-13-21)26(3)25(28)23-14-16-27(17-15-23)19-22-8-6-5-7-9-22/h5-13,23-24H,4,14-19H2,1-3H3/t24-/m1/s1. The minimum Gasteiger partial charge on any atom is -0.342 e. The summed E-state index contributed by atoms with van der Waals surface area (Å²) in [7, 11) is 2.00. The van der Waals surface area contributed by atoms with Gasteiger partial charge in [-0.05, 0) is 56.8 Å². The lowest BCUT2D eigenvalue weighted by molar-refractivity contribution is -0.138. The highest BCUT2D eigenvalue weighted by molar-refractivity contribution is 5.79. The first-order valence-electron chi connectivity index (χ1n) is 10.6. The van der Waals surface area contributed by atoms with E-state index in [2.05, 4.69) is 73.3 Å². The number of nitrogens with zero attached hydrogens (tertiary/aromatic N) is 2. The molecule has 1 saturated heterocycles. The average molecular weight is 379 g/mol. The molecule has 0 aliphatic carbocycles. The largest absolute Gasteiger partial charge is 0.342 e. The zero-order valence-corrected chi connectivity index (χ0v) is 17.6. The van der Waals surface area contributed by atoms with E-state index in [0.717, 1.165) is 45.3 Å². The zero-order valence-electron chi connectivity index (χ0n) is 17.6. The minimum atomic E-state index is 0.170. The molecule has 0 N–H and O–H groups in total. The van der Waals surface area contributed by atoms with Gasteiger partial charge in [0.2, 0.25) is 5.91 Å². The number of piperidine rings is 1. The molecule has 3 rings (SSSR count). The fourth-order valence-corrected chi connectivity index (χ4v) is 4.20. The summed E-state index contributed by atoms with van der Waals surface area (Å²) in [6.45, 7) is 7.30. The molecule has 1 amide bonds. The molecule has 2 aromatic rings. The highest BCUT2D eigenvalue weighted by Crippen LogP contribution is 2.23. The van der Waals surface area contributed by atoms with Crippen LogP contribution in [0.15, 0.2) is 54.6 Å². The molecule has 3 nitrogen and oxygen atoms in total. The summed E-state index contributed by atoms with van der Waals surface area (Å²) in [6.07, 6.45) is 3.86. The van der Waals surface area contributed by atoms with Gasteiger partial charge in [-0.1, -0.05) is 67.1 Å². The third-order valence-corrected chi connectivity index (χ3v) is 6.14. The Bertz CT molecular complexity index is 733. The molecule has 3 heteroatoms. The summed E-state index contributed by atoms with van der Waals surface area (Å²) in [4.78, 5) is 17.6. The van der Waals surface area contributed by atoms with Crippen LogP contribution in [0.4, 0.5) is 0 Å². The van der Waals surface area contributed by atoms with Crippen molar-refractivity contribution in [3.8, 4) is 0 Å². The topological polar surface area (TPSA) is 23.6 Å². The van der Waals surface area contributed by atoms with Crippen LogP contribution in [0.3, 0.4) is 0 Å². The highest BCUT2D eigenvalue weighted by Gasteiger charge is 2.29. The molecule has 0 aromatic heterocycles. The predicted octanol–water partition coefficient (Wildman–Crippen LogP) is 4.69. The Morgan fingerprint density at radius 2 is 1.68 bits per heavy atom. The van der Waals surface area contributed by atoms with Crippen molar-refractivity contribution in [2.24, 2.45) is 5.92 Å². The third kappa shape index (κ3) is 5.45. The number of benzene rings is 2. The first kappa shape index (κ1) is 20.6. The van der Waals surface area contributed by atoms with Crippen LogP contribution in [-0.2, 0) is 17.8 Å². The number of likely N-dealkylation sites (N-methyl/N-ethyl adjacent to an activating group) is 1. The molecular weight excluding hydrogens is 344 g/mol. The molecule has 0 saturated carbocycles. The van der Waals surface area contributed by atoms with Crippen LogP contribution >= 0.6 is 0 Å². The molecule has 1 aliphatic heterocycles. The number of aryl methyl sites for hydroxylation is 1. The summed E-state index contributed by atoms with van der Waals surface area (Å²) in [5.74, 6) is 0.502. The summed E-state index contributed by atoms with van der Waals surface area (Å²) in [5.41, 5.74) is 3.95. The maximum atomic E-state index is 13.1. The Hall–Kier alpha value is -2.13. The van der Waals surface area contributed by atoms with Gasteiger partial charge in [-0.25, -0.2) is 0 Å². The minimum absolute atomic E-state index is 0.170. The van der Waals surface area contributed by atoms with Crippen molar-refractivity contribution in [2.45, 2.75) is 52.1 Å². The van der Waals surface area contributed by atoms with Gasteiger partial charge in [0, 0.05) is 25.6 Å². The maximum Gasteiger partial charge on any atom is 0.225 e. The quantitative estimate of drug-likeness (QED) is 0.698. The molecule has 1 fully saturated rings. The van der Waals surface area contributed by atoms with E-state index in [1.165, 1.54) is 16.7 Å². The molecule has 0 spiro atoms. The van der Waals surface area contributed by atoms with Crippen LogP contribution in [0.25, 0.3) is 0 Å². The lowest BCUT2D eigenvalue weighted by Crippen LogP contribution is -2.45. The van der Waals surface area contributed by atoms with Gasteiger partial charge in [-0.15, -0.1) is 0 Å². The molecule has 1 aliphatic rings. The second-order valence-corrected chi connectivity index (χ2v) is 8.24. The van der Waals surface area contributed by atoms with Crippen molar-refractivity contribution in [3.05, 3.63) is 71.3 Å². The second-order valence-electron chi connectivity index (χ2n) is 8.24. The van der Waals surface area contributed by atoms with Gasteiger partial charge < -0.3 is 4.90 Å². The van der Waals surface area contributed by atoms with Gasteiger partial charge in [0.05, 0.1) is 0 Å². The van der Waals surface area contributed by atoms with E-state index in [0.29, 0.717) is 5.91 Å². The van der Waals surface area contributed by atoms with E-state index in [1.807, 2.05) is 11.9 Å². The Labute approximate surface area is 170 Å². The van der Waals surface area contributed by atoms with Crippen molar-refractivity contribution in [3.63, 3.8) is 0 Å². The molecule has 1 heterocycles. The van der Waals surface area contributed by atoms with Gasteiger partial charge in [0.15, 0.2) is 0 Å². The third-order valence-electron chi connectivity index (χ3n) is 6.14. The van der Waals surface area contributed by atoms with Crippen molar-refractivity contribution in [1.82, 2.24) is 9.80 Å². The molecule has 0 bridgehead atoms. The lowest BCUT2D eigenvalue weighted by Gasteiger charge is -2.35. The molecule has 2 aromatic carbocycles. The summed E-state index contributed by atoms with van der Waals surface area (Å²) in [6, 6.07) is 19.6. The normalized spacial score (nSPS) is 16.7. The van der Waals surface area contributed by atoms with E-state index >= 15 is 0 Å². The Balaban J connectivity index is 1.52. The average Bonchev–Trinajstić information content (AvgIpc) is 2.73. The fourth-order valence-electron chi connectivity index (χ4n) is 4.20. The van der Waals surface area contributed by atoms with Crippen LogP contribution < -0.4 is 0 Å². The highest BCUT2D eigenvalue weighted by atomic mass is 16.2. The number of rotatable bonds is 7. The predicted molar refractivity (Wildman–Crippen MR) is 116 cm³/mol. The number of likely N-dealkylation sites (tertiary alicyclic amines) is 1. The molecule has 0 radical (unpaired) electrons. The number of carbonyl (C=O) groups is 1. The van der Waals surface area contributed by atoms with Gasteiger partial charge in [-0.3, -0.25) is 9.69 Å². The summed E-state index contributed by atoms with van der Waals surface area (Å²) < 4.78 is 0. The van der Waals surface area contributed by atoms with Crippen molar-refractivity contribution < 1.29 is 4.79 Å². The Morgan fingerprint density at radius 3 is 2.29 bits per heavy atom. The molecule has 1 atom stereocenters. The van der Waals surface area contributed by atoms with E-state index < -0.39 is 0 Å². The van der Waals surface area contributed by atoms with Gasteiger partial charge >= 0.3 is 0 Å². The van der Waals surface area contributed by atoms with E-state index in [-0.39, 0.29) is 12.0 Å².